The summed E-state index contributed by atoms with van der Waals surface area (Å²) in [7, 11) is 0. The van der Waals surface area contributed by atoms with E-state index in [9.17, 15) is 14.9 Å². The number of carbonyl (C=O) groups is 1. The maximum atomic E-state index is 10.9. The fourth-order valence-electron chi connectivity index (χ4n) is 1.41. The summed E-state index contributed by atoms with van der Waals surface area (Å²) in [6.45, 7) is 0. The average Bonchev–Trinajstić information content (AvgIpc) is 2.87. The molecule has 1 aromatic carbocycles. The standard InChI is InChI=1S/C10H5N5O4/c11-4-6-1-2-8(9(3-6)15(18)19)14-5-7(10(16)17)12-13-14/h1-3,5H,(H,16,17). The predicted molar refractivity (Wildman–Crippen MR) is 59.7 cm³/mol. The Hall–Kier alpha value is -3.28. The molecule has 1 aromatic heterocycles. The second-order valence-corrected chi connectivity index (χ2v) is 3.43. The van der Waals surface area contributed by atoms with Gasteiger partial charge in [0, 0.05) is 6.07 Å². The molecule has 0 aliphatic heterocycles. The molecule has 0 radical (unpaired) electrons. The minimum absolute atomic E-state index is 0.0315. The zero-order valence-corrected chi connectivity index (χ0v) is 9.22. The molecule has 2 rings (SSSR count). The molecular weight excluding hydrogens is 254 g/mol. The van der Waals surface area contributed by atoms with E-state index in [0.29, 0.717) is 0 Å². The van der Waals surface area contributed by atoms with Crippen molar-refractivity contribution in [1.29, 1.82) is 5.26 Å². The lowest BCUT2D eigenvalue weighted by Crippen LogP contribution is -2.01. The van der Waals surface area contributed by atoms with Crippen LogP contribution in [0.4, 0.5) is 5.69 Å². The van der Waals surface area contributed by atoms with Crippen molar-refractivity contribution in [3.05, 3.63) is 45.8 Å². The van der Waals surface area contributed by atoms with Crippen molar-refractivity contribution in [2.75, 3.05) is 0 Å². The van der Waals surface area contributed by atoms with Crippen LogP contribution in [0.15, 0.2) is 24.4 Å². The second kappa shape index (κ2) is 4.53. The van der Waals surface area contributed by atoms with Gasteiger partial charge in [-0.2, -0.15) is 5.26 Å². The summed E-state index contributed by atoms with van der Waals surface area (Å²) >= 11 is 0. The molecule has 1 heterocycles. The molecule has 0 saturated carbocycles. The number of rotatable bonds is 3. The summed E-state index contributed by atoms with van der Waals surface area (Å²) in [6.07, 6.45) is 1.05. The van der Waals surface area contributed by atoms with Crippen LogP contribution >= 0.6 is 0 Å². The second-order valence-electron chi connectivity index (χ2n) is 3.43. The molecule has 0 fully saturated rings. The van der Waals surface area contributed by atoms with E-state index >= 15 is 0 Å². The number of carboxylic acid groups (broad SMARTS) is 1. The van der Waals surface area contributed by atoms with Gasteiger partial charge >= 0.3 is 5.97 Å². The van der Waals surface area contributed by atoms with Gasteiger partial charge < -0.3 is 5.11 Å². The smallest absolute Gasteiger partial charge is 0.358 e. The highest BCUT2D eigenvalue weighted by atomic mass is 16.6. The van der Waals surface area contributed by atoms with Crippen molar-refractivity contribution in [1.82, 2.24) is 15.0 Å². The molecule has 0 aliphatic rings. The Bertz CT molecular complexity index is 715. The number of nitrogens with zero attached hydrogens (tertiary/aromatic N) is 5. The summed E-state index contributed by atoms with van der Waals surface area (Å²) in [6, 6.07) is 5.53. The van der Waals surface area contributed by atoms with Crippen molar-refractivity contribution < 1.29 is 14.8 Å². The van der Waals surface area contributed by atoms with E-state index in [0.717, 1.165) is 16.9 Å². The van der Waals surface area contributed by atoms with Gasteiger partial charge in [0.1, 0.15) is 5.69 Å². The van der Waals surface area contributed by atoms with Gasteiger partial charge in [0.25, 0.3) is 5.69 Å². The van der Waals surface area contributed by atoms with Crippen molar-refractivity contribution in [3.63, 3.8) is 0 Å². The summed E-state index contributed by atoms with van der Waals surface area (Å²) in [5.74, 6) is -1.29. The fraction of sp³-hybridized carbons (Fsp3) is 0. The molecular formula is C10H5N5O4. The molecule has 19 heavy (non-hydrogen) atoms. The van der Waals surface area contributed by atoms with E-state index in [1.54, 1.807) is 6.07 Å². The summed E-state index contributed by atoms with van der Waals surface area (Å²) in [5, 5.41) is 35.2. The first kappa shape index (κ1) is 12.2. The molecule has 2 aromatic rings. The van der Waals surface area contributed by atoms with Crippen LogP contribution in [0.5, 0.6) is 0 Å². The van der Waals surface area contributed by atoms with Crippen molar-refractivity contribution in [3.8, 4) is 11.8 Å². The number of benzene rings is 1. The lowest BCUT2D eigenvalue weighted by molar-refractivity contribution is -0.384. The van der Waals surface area contributed by atoms with Gasteiger partial charge in [0.15, 0.2) is 5.69 Å². The van der Waals surface area contributed by atoms with Crippen LogP contribution in [0.1, 0.15) is 16.1 Å². The Balaban J connectivity index is 2.58. The van der Waals surface area contributed by atoms with E-state index in [1.165, 1.54) is 12.1 Å². The Morgan fingerprint density at radius 2 is 2.26 bits per heavy atom. The van der Waals surface area contributed by atoms with Crippen LogP contribution in [0.3, 0.4) is 0 Å². The average molecular weight is 259 g/mol. The van der Waals surface area contributed by atoms with E-state index in [1.807, 2.05) is 0 Å². The molecule has 0 spiro atoms. The van der Waals surface area contributed by atoms with Crippen molar-refractivity contribution >= 4 is 11.7 Å². The van der Waals surface area contributed by atoms with Gasteiger partial charge in [-0.15, -0.1) is 5.10 Å². The van der Waals surface area contributed by atoms with E-state index in [2.05, 4.69) is 10.3 Å². The summed E-state index contributed by atoms with van der Waals surface area (Å²) in [5.41, 5.74) is -0.544. The first-order valence-electron chi connectivity index (χ1n) is 4.87. The van der Waals surface area contributed by atoms with E-state index in [4.69, 9.17) is 10.4 Å². The van der Waals surface area contributed by atoms with Crippen LogP contribution < -0.4 is 0 Å². The zero-order valence-electron chi connectivity index (χ0n) is 9.22. The van der Waals surface area contributed by atoms with Crippen LogP contribution in [0.25, 0.3) is 5.69 Å². The third kappa shape index (κ3) is 2.22. The third-order valence-corrected chi connectivity index (χ3v) is 2.26. The number of nitriles is 1. The number of aromatic carboxylic acids is 1. The first-order chi connectivity index (χ1) is 9.02. The fourth-order valence-corrected chi connectivity index (χ4v) is 1.41. The normalized spacial score (nSPS) is 9.84. The van der Waals surface area contributed by atoms with E-state index < -0.39 is 10.9 Å². The van der Waals surface area contributed by atoms with Gasteiger partial charge in [-0.3, -0.25) is 10.1 Å². The number of aromatic nitrogens is 3. The first-order valence-corrected chi connectivity index (χ1v) is 4.87. The topological polar surface area (TPSA) is 135 Å². The monoisotopic (exact) mass is 259 g/mol. The Kier molecular flexibility index (Phi) is 2.91. The minimum atomic E-state index is -1.29. The Morgan fingerprint density at radius 1 is 1.53 bits per heavy atom. The van der Waals surface area contributed by atoms with Crippen LogP contribution in [-0.4, -0.2) is 31.0 Å². The number of carboxylic acids is 1. The number of hydrogen-bond donors (Lipinski definition) is 1. The van der Waals surface area contributed by atoms with Crippen LogP contribution in [0.2, 0.25) is 0 Å². The highest BCUT2D eigenvalue weighted by Gasteiger charge is 2.19. The molecule has 9 heteroatoms. The summed E-state index contributed by atoms with van der Waals surface area (Å²) in [4.78, 5) is 20.9. The Morgan fingerprint density at radius 3 is 2.79 bits per heavy atom. The lowest BCUT2D eigenvalue weighted by atomic mass is 10.2. The number of hydrogen-bond acceptors (Lipinski definition) is 6. The molecule has 9 nitrogen and oxygen atoms in total. The maximum absolute atomic E-state index is 10.9. The molecule has 0 atom stereocenters. The van der Waals surface area contributed by atoms with Crippen LogP contribution in [0, 0.1) is 21.4 Å². The summed E-state index contributed by atoms with van der Waals surface area (Å²) < 4.78 is 0.975. The molecule has 0 amide bonds. The number of nitro groups is 1. The van der Waals surface area contributed by atoms with E-state index in [-0.39, 0.29) is 22.6 Å². The van der Waals surface area contributed by atoms with Crippen LogP contribution in [-0.2, 0) is 0 Å². The predicted octanol–water partition coefficient (Wildman–Crippen LogP) is 0.745. The molecule has 94 valence electrons. The van der Waals surface area contributed by atoms with Gasteiger partial charge in [-0.25, -0.2) is 9.48 Å². The van der Waals surface area contributed by atoms with Gasteiger partial charge in [-0.1, -0.05) is 5.21 Å². The maximum Gasteiger partial charge on any atom is 0.358 e. The molecule has 0 aliphatic carbocycles. The lowest BCUT2D eigenvalue weighted by Gasteiger charge is -2.01. The van der Waals surface area contributed by atoms with Crippen molar-refractivity contribution in [2.45, 2.75) is 0 Å². The molecule has 0 bridgehead atoms. The minimum Gasteiger partial charge on any atom is -0.476 e. The highest BCUT2D eigenvalue weighted by Crippen LogP contribution is 2.23. The zero-order chi connectivity index (χ0) is 14.0. The Labute approximate surface area is 105 Å². The van der Waals surface area contributed by atoms with Gasteiger partial charge in [0.2, 0.25) is 0 Å². The SMILES string of the molecule is N#Cc1ccc(-n2cc(C(=O)O)nn2)c([N+](=O)[O-])c1. The highest BCUT2D eigenvalue weighted by molar-refractivity contribution is 5.84. The molecule has 1 N–H and O–H groups in total. The quantitative estimate of drug-likeness (QED) is 0.634. The van der Waals surface area contributed by atoms with Crippen molar-refractivity contribution in [2.24, 2.45) is 0 Å². The van der Waals surface area contributed by atoms with Gasteiger partial charge in [-0.05, 0) is 12.1 Å². The molecule has 0 saturated heterocycles. The largest absolute Gasteiger partial charge is 0.476 e. The number of nitro benzene ring substituents is 1. The molecule has 0 unspecified atom stereocenters. The third-order valence-electron chi connectivity index (χ3n) is 2.26. The van der Waals surface area contributed by atoms with Gasteiger partial charge in [0.05, 0.1) is 22.8 Å².